The first-order valence-electron chi connectivity index (χ1n) is 3.76. The molecule has 0 saturated carbocycles. The number of esters is 1. The molecule has 0 aliphatic heterocycles. The summed E-state index contributed by atoms with van der Waals surface area (Å²) in [6.45, 7) is 0. The van der Waals surface area contributed by atoms with Crippen molar-refractivity contribution in [2.75, 3.05) is 7.11 Å². The van der Waals surface area contributed by atoms with Crippen LogP contribution in [0, 0.1) is 5.82 Å². The molecule has 1 rings (SSSR count). The predicted molar refractivity (Wildman–Crippen MR) is 43.3 cm³/mol. The lowest BCUT2D eigenvalue weighted by molar-refractivity contribution is 0.0586. The molecule has 0 saturated heterocycles. The van der Waals surface area contributed by atoms with Crippen LogP contribution in [0.25, 0.3) is 0 Å². The number of pyridine rings is 1. The van der Waals surface area contributed by atoms with E-state index in [0.717, 1.165) is 7.11 Å². The fourth-order valence-electron chi connectivity index (χ4n) is 0.970. The highest BCUT2D eigenvalue weighted by Crippen LogP contribution is 2.20. The van der Waals surface area contributed by atoms with Crippen molar-refractivity contribution in [3.05, 3.63) is 33.5 Å². The summed E-state index contributed by atoms with van der Waals surface area (Å²) in [7, 11) is 0.959. The maximum Gasteiger partial charge on any atom is 0.339 e. The second kappa shape index (κ2) is 4.16. The number of H-pyrrole nitrogens is 1. The Kier molecular flexibility index (Phi) is 3.13. The molecule has 0 spiro atoms. The van der Waals surface area contributed by atoms with E-state index in [1.54, 1.807) is 4.98 Å². The van der Waals surface area contributed by atoms with E-state index < -0.39 is 35.0 Å². The normalized spacial score (nSPS) is 10.5. The van der Waals surface area contributed by atoms with Crippen LogP contribution < -0.4 is 5.56 Å². The third-order valence-corrected chi connectivity index (χ3v) is 1.65. The van der Waals surface area contributed by atoms with E-state index in [9.17, 15) is 22.8 Å². The van der Waals surface area contributed by atoms with Crippen molar-refractivity contribution in [2.45, 2.75) is 6.43 Å². The zero-order chi connectivity index (χ0) is 11.6. The van der Waals surface area contributed by atoms with Crippen molar-refractivity contribution in [3.8, 4) is 0 Å². The molecule has 0 aliphatic rings. The second-order valence-electron chi connectivity index (χ2n) is 2.57. The van der Waals surface area contributed by atoms with Crippen LogP contribution in [-0.2, 0) is 4.74 Å². The van der Waals surface area contributed by atoms with Gasteiger partial charge < -0.3 is 9.72 Å². The molecule has 7 heteroatoms. The van der Waals surface area contributed by atoms with Gasteiger partial charge in [-0.15, -0.1) is 0 Å². The Morgan fingerprint density at radius 1 is 1.53 bits per heavy atom. The summed E-state index contributed by atoms with van der Waals surface area (Å²) in [5, 5.41) is 0. The van der Waals surface area contributed by atoms with E-state index in [1.807, 2.05) is 0 Å². The third kappa shape index (κ3) is 2.17. The molecule has 1 aromatic heterocycles. The van der Waals surface area contributed by atoms with Gasteiger partial charge in [0.15, 0.2) is 5.82 Å². The Labute approximate surface area is 81.7 Å². The molecule has 0 radical (unpaired) electrons. The van der Waals surface area contributed by atoms with E-state index in [4.69, 9.17) is 0 Å². The molecule has 0 atom stereocenters. The lowest BCUT2D eigenvalue weighted by Gasteiger charge is -2.06. The van der Waals surface area contributed by atoms with Crippen molar-refractivity contribution >= 4 is 5.97 Å². The van der Waals surface area contributed by atoms with Gasteiger partial charge in [-0.05, 0) is 6.07 Å². The van der Waals surface area contributed by atoms with Gasteiger partial charge in [0, 0.05) is 0 Å². The monoisotopic (exact) mass is 221 g/mol. The maximum absolute atomic E-state index is 12.7. The van der Waals surface area contributed by atoms with Crippen LogP contribution in [0.1, 0.15) is 22.5 Å². The molecule has 0 fully saturated rings. The number of aromatic amines is 1. The molecule has 0 unspecified atom stereocenters. The van der Waals surface area contributed by atoms with Gasteiger partial charge in [0.05, 0.1) is 18.4 Å². The summed E-state index contributed by atoms with van der Waals surface area (Å²) in [6.07, 6.45) is -3.09. The highest BCUT2D eigenvalue weighted by atomic mass is 19.3. The van der Waals surface area contributed by atoms with Gasteiger partial charge in [-0.25, -0.2) is 18.0 Å². The molecule has 1 heterocycles. The average molecular weight is 221 g/mol. The van der Waals surface area contributed by atoms with Crippen molar-refractivity contribution in [1.29, 1.82) is 0 Å². The molecule has 0 bridgehead atoms. The predicted octanol–water partition coefficient (Wildman–Crippen LogP) is 1.24. The summed E-state index contributed by atoms with van der Waals surface area (Å²) >= 11 is 0. The first-order chi connectivity index (χ1) is 6.97. The SMILES string of the molecule is COC(=O)c1cc(F)c(=O)[nH]c1C(F)F. The number of hydrogen-bond donors (Lipinski definition) is 1. The highest BCUT2D eigenvalue weighted by molar-refractivity contribution is 5.90. The van der Waals surface area contributed by atoms with E-state index >= 15 is 0 Å². The van der Waals surface area contributed by atoms with Crippen LogP contribution >= 0.6 is 0 Å². The molecule has 0 aromatic carbocycles. The minimum Gasteiger partial charge on any atom is -0.465 e. The Balaban J connectivity index is 3.41. The van der Waals surface area contributed by atoms with E-state index in [0.29, 0.717) is 6.07 Å². The smallest absolute Gasteiger partial charge is 0.339 e. The van der Waals surface area contributed by atoms with E-state index in [1.165, 1.54) is 0 Å². The van der Waals surface area contributed by atoms with Crippen LogP contribution in [-0.4, -0.2) is 18.1 Å². The molecular formula is C8H6F3NO3. The first-order valence-corrected chi connectivity index (χ1v) is 3.76. The molecule has 1 aromatic rings. The molecule has 4 nitrogen and oxygen atoms in total. The second-order valence-corrected chi connectivity index (χ2v) is 2.57. The fourth-order valence-corrected chi connectivity index (χ4v) is 0.970. The van der Waals surface area contributed by atoms with E-state index in [-0.39, 0.29) is 0 Å². The number of carbonyl (C=O) groups excluding carboxylic acids is 1. The van der Waals surface area contributed by atoms with Gasteiger partial charge in [-0.1, -0.05) is 0 Å². The lowest BCUT2D eigenvalue weighted by atomic mass is 10.2. The maximum atomic E-state index is 12.7. The Morgan fingerprint density at radius 3 is 2.60 bits per heavy atom. The Bertz CT molecular complexity index is 441. The molecule has 0 aliphatic carbocycles. The lowest BCUT2D eigenvalue weighted by Crippen LogP contribution is -2.18. The number of halogens is 3. The van der Waals surface area contributed by atoms with Crippen molar-refractivity contribution in [2.24, 2.45) is 0 Å². The van der Waals surface area contributed by atoms with Crippen molar-refractivity contribution < 1.29 is 22.7 Å². The molecular weight excluding hydrogens is 215 g/mol. The van der Waals surface area contributed by atoms with Gasteiger partial charge in [0.25, 0.3) is 12.0 Å². The number of alkyl halides is 2. The van der Waals surface area contributed by atoms with E-state index in [2.05, 4.69) is 4.74 Å². The first kappa shape index (κ1) is 11.3. The number of aromatic nitrogens is 1. The standard InChI is InChI=1S/C8H6F3NO3/c1-15-8(14)3-2-4(9)7(13)12-5(3)6(10)11/h2,6H,1H3,(H,12,13). The van der Waals surface area contributed by atoms with Crippen LogP contribution in [0.15, 0.2) is 10.9 Å². The minimum atomic E-state index is -3.09. The van der Waals surface area contributed by atoms with Gasteiger partial charge >= 0.3 is 5.97 Å². The van der Waals surface area contributed by atoms with Crippen LogP contribution in [0.3, 0.4) is 0 Å². The molecule has 15 heavy (non-hydrogen) atoms. The van der Waals surface area contributed by atoms with Gasteiger partial charge in [0.1, 0.15) is 0 Å². The summed E-state index contributed by atoms with van der Waals surface area (Å²) in [6, 6.07) is 0.423. The van der Waals surface area contributed by atoms with Crippen molar-refractivity contribution in [1.82, 2.24) is 4.98 Å². The van der Waals surface area contributed by atoms with Gasteiger partial charge in [0.2, 0.25) is 0 Å². The zero-order valence-corrected chi connectivity index (χ0v) is 7.51. The average Bonchev–Trinajstić information content (AvgIpc) is 2.20. The summed E-state index contributed by atoms with van der Waals surface area (Å²) in [5.74, 6) is -2.46. The van der Waals surface area contributed by atoms with Crippen molar-refractivity contribution in [3.63, 3.8) is 0 Å². The summed E-state index contributed by atoms with van der Waals surface area (Å²) < 4.78 is 41.6. The molecule has 0 amide bonds. The number of hydrogen-bond acceptors (Lipinski definition) is 3. The van der Waals surface area contributed by atoms with Crippen LogP contribution in [0.4, 0.5) is 13.2 Å². The highest BCUT2D eigenvalue weighted by Gasteiger charge is 2.21. The number of ether oxygens (including phenoxy) is 1. The number of methoxy groups -OCH3 is 1. The summed E-state index contributed by atoms with van der Waals surface area (Å²) in [4.78, 5) is 23.2. The molecule has 1 N–H and O–H groups in total. The zero-order valence-electron chi connectivity index (χ0n) is 7.51. The number of nitrogens with one attached hydrogen (secondary N) is 1. The Morgan fingerprint density at radius 2 is 2.13 bits per heavy atom. The van der Waals surface area contributed by atoms with Gasteiger partial charge in [-0.2, -0.15) is 0 Å². The minimum absolute atomic E-state index is 0.423. The quantitative estimate of drug-likeness (QED) is 0.764. The summed E-state index contributed by atoms with van der Waals surface area (Å²) in [5.41, 5.74) is -2.95. The number of rotatable bonds is 2. The molecule has 82 valence electrons. The third-order valence-electron chi connectivity index (χ3n) is 1.65. The van der Waals surface area contributed by atoms with Crippen LogP contribution in [0.2, 0.25) is 0 Å². The van der Waals surface area contributed by atoms with Crippen LogP contribution in [0.5, 0.6) is 0 Å². The number of carbonyl (C=O) groups is 1. The fraction of sp³-hybridized carbons (Fsp3) is 0.250. The van der Waals surface area contributed by atoms with Gasteiger partial charge in [-0.3, -0.25) is 4.79 Å². The Hall–Kier alpha value is -1.79. The largest absolute Gasteiger partial charge is 0.465 e. The topological polar surface area (TPSA) is 59.2 Å².